The van der Waals surface area contributed by atoms with Crippen LogP contribution in [-0.4, -0.2) is 40.5 Å². The van der Waals surface area contributed by atoms with Gasteiger partial charge in [0.25, 0.3) is 0 Å². The van der Waals surface area contributed by atoms with E-state index < -0.39 is 28.0 Å². The average molecular weight is 453 g/mol. The van der Waals surface area contributed by atoms with E-state index in [1.807, 2.05) is 0 Å². The number of anilines is 1. The molecule has 2 aromatic carbocycles. The largest absolute Gasteiger partial charge is 0.454 e. The summed E-state index contributed by atoms with van der Waals surface area (Å²) in [6, 6.07) is 15.3. The molecule has 162 valence electrons. The van der Waals surface area contributed by atoms with E-state index in [1.165, 1.54) is 24.3 Å². The second kappa shape index (κ2) is 7.50. The van der Waals surface area contributed by atoms with Crippen molar-refractivity contribution in [1.82, 2.24) is 19.4 Å². The molecule has 1 amide bonds. The molecule has 5 rings (SSSR count). The second-order valence-electron chi connectivity index (χ2n) is 6.81. The quantitative estimate of drug-likeness (QED) is 0.475. The molecule has 0 aliphatic carbocycles. The molecule has 0 fully saturated rings. The highest BCUT2D eigenvalue weighted by atomic mass is 32.2. The molecular weight excluding hydrogens is 438 g/mol. The van der Waals surface area contributed by atoms with Crippen LogP contribution in [0.4, 0.5) is 5.69 Å². The number of nitrogens with one attached hydrogen (secondary N) is 1. The van der Waals surface area contributed by atoms with E-state index in [0.717, 1.165) is 9.20 Å². The first-order valence-electron chi connectivity index (χ1n) is 9.38. The van der Waals surface area contributed by atoms with Crippen LogP contribution < -0.4 is 20.5 Å². The highest BCUT2D eigenvalue weighted by Crippen LogP contribution is 2.34. The summed E-state index contributed by atoms with van der Waals surface area (Å²) >= 11 is 0. The van der Waals surface area contributed by atoms with Crippen molar-refractivity contribution in [3.8, 4) is 11.5 Å². The first-order valence-corrected chi connectivity index (χ1v) is 10.9. The number of sulfone groups is 1. The van der Waals surface area contributed by atoms with Gasteiger partial charge in [-0.05, 0) is 36.4 Å². The zero-order valence-electron chi connectivity index (χ0n) is 16.3. The lowest BCUT2D eigenvalue weighted by Crippen LogP contribution is -2.29. The second-order valence-corrected chi connectivity index (χ2v) is 8.71. The molecule has 0 atom stereocenters. The molecule has 0 bridgehead atoms. The maximum atomic E-state index is 12.8. The van der Waals surface area contributed by atoms with Crippen molar-refractivity contribution in [2.75, 3.05) is 12.1 Å². The van der Waals surface area contributed by atoms with Crippen LogP contribution in [-0.2, 0) is 21.2 Å². The van der Waals surface area contributed by atoms with E-state index in [1.54, 1.807) is 36.4 Å². The number of amides is 1. The monoisotopic (exact) mass is 453 g/mol. The van der Waals surface area contributed by atoms with Crippen molar-refractivity contribution in [3.05, 3.63) is 71.1 Å². The van der Waals surface area contributed by atoms with E-state index in [2.05, 4.69) is 15.5 Å². The predicted molar refractivity (Wildman–Crippen MR) is 110 cm³/mol. The fourth-order valence-corrected chi connectivity index (χ4v) is 4.36. The standard InChI is InChI=1S/C20H15N5O6S/c26-18(21-13-6-7-15-16(10-13)31-12-30-15)11-24-20(27)25-17(22-24)8-9-19(23-25)32(28,29)14-4-2-1-3-5-14/h1-10H,11-12H2,(H,21,26). The molecule has 3 heterocycles. The highest BCUT2D eigenvalue weighted by Gasteiger charge is 2.21. The Labute approximate surface area is 180 Å². The van der Waals surface area contributed by atoms with Gasteiger partial charge in [-0.3, -0.25) is 4.79 Å². The van der Waals surface area contributed by atoms with Crippen molar-refractivity contribution < 1.29 is 22.7 Å². The number of ether oxygens (including phenoxy) is 2. The number of benzene rings is 2. The van der Waals surface area contributed by atoms with Crippen molar-refractivity contribution in [3.63, 3.8) is 0 Å². The Balaban J connectivity index is 1.40. The van der Waals surface area contributed by atoms with E-state index in [-0.39, 0.29) is 22.4 Å². The fraction of sp³-hybridized carbons (Fsp3) is 0.100. The van der Waals surface area contributed by atoms with Gasteiger partial charge in [-0.2, -0.15) is 4.52 Å². The fourth-order valence-electron chi connectivity index (χ4n) is 3.17. The van der Waals surface area contributed by atoms with Crippen LogP contribution in [0.5, 0.6) is 11.5 Å². The minimum absolute atomic E-state index is 0.0513. The number of nitrogens with zero attached hydrogens (tertiary/aromatic N) is 4. The Morgan fingerprint density at radius 1 is 1.00 bits per heavy atom. The van der Waals surface area contributed by atoms with Gasteiger partial charge in [-0.25, -0.2) is 17.9 Å². The maximum Gasteiger partial charge on any atom is 0.367 e. The molecule has 0 saturated heterocycles. The Kier molecular flexibility index (Phi) is 4.63. The lowest BCUT2D eigenvalue weighted by molar-refractivity contribution is -0.117. The molecule has 1 aliphatic rings. The number of aromatic nitrogens is 4. The van der Waals surface area contributed by atoms with Crippen LogP contribution in [0.3, 0.4) is 0 Å². The Hall–Kier alpha value is -4.19. The van der Waals surface area contributed by atoms with Gasteiger partial charge in [-0.15, -0.1) is 10.2 Å². The topological polar surface area (TPSA) is 134 Å². The van der Waals surface area contributed by atoms with Crippen LogP contribution in [0.2, 0.25) is 0 Å². The number of rotatable bonds is 5. The molecule has 1 N–H and O–H groups in total. The smallest absolute Gasteiger partial charge is 0.367 e. The molecule has 0 saturated carbocycles. The predicted octanol–water partition coefficient (Wildman–Crippen LogP) is 1.09. The zero-order valence-corrected chi connectivity index (χ0v) is 17.2. The molecule has 0 radical (unpaired) electrons. The van der Waals surface area contributed by atoms with Crippen molar-refractivity contribution in [2.24, 2.45) is 0 Å². The molecule has 4 aromatic rings. The van der Waals surface area contributed by atoms with Gasteiger partial charge >= 0.3 is 5.69 Å². The maximum absolute atomic E-state index is 12.8. The Bertz CT molecular complexity index is 1510. The summed E-state index contributed by atoms with van der Waals surface area (Å²) in [6.07, 6.45) is 0. The van der Waals surface area contributed by atoms with Gasteiger partial charge in [0, 0.05) is 11.8 Å². The number of hydrogen-bond acceptors (Lipinski definition) is 8. The lowest BCUT2D eigenvalue weighted by atomic mass is 10.3. The third kappa shape index (κ3) is 3.46. The van der Waals surface area contributed by atoms with Gasteiger partial charge < -0.3 is 14.8 Å². The molecule has 1 aliphatic heterocycles. The molecule has 32 heavy (non-hydrogen) atoms. The SMILES string of the molecule is O=C(Cn1nc2ccc(S(=O)(=O)c3ccccc3)nn2c1=O)Nc1ccc2c(c1)OCO2. The number of fused-ring (bicyclic) bond motifs is 2. The van der Waals surface area contributed by atoms with Gasteiger partial charge in [0.15, 0.2) is 22.2 Å². The first-order chi connectivity index (χ1) is 15.4. The molecule has 0 spiro atoms. The van der Waals surface area contributed by atoms with Gasteiger partial charge in [-0.1, -0.05) is 18.2 Å². The van der Waals surface area contributed by atoms with Crippen LogP contribution in [0, 0.1) is 0 Å². The van der Waals surface area contributed by atoms with Crippen LogP contribution in [0.1, 0.15) is 0 Å². The van der Waals surface area contributed by atoms with Gasteiger partial charge in [0.05, 0.1) is 4.90 Å². The highest BCUT2D eigenvalue weighted by molar-refractivity contribution is 7.91. The van der Waals surface area contributed by atoms with Crippen molar-refractivity contribution in [1.29, 1.82) is 0 Å². The Morgan fingerprint density at radius 3 is 2.59 bits per heavy atom. The summed E-state index contributed by atoms with van der Waals surface area (Å²) in [5, 5.41) is 10.3. The van der Waals surface area contributed by atoms with Crippen molar-refractivity contribution in [2.45, 2.75) is 16.5 Å². The third-order valence-corrected chi connectivity index (χ3v) is 6.36. The van der Waals surface area contributed by atoms with E-state index in [4.69, 9.17) is 9.47 Å². The summed E-state index contributed by atoms with van der Waals surface area (Å²) in [5.74, 6) is 0.572. The van der Waals surface area contributed by atoms with E-state index >= 15 is 0 Å². The van der Waals surface area contributed by atoms with Crippen LogP contribution in [0.25, 0.3) is 5.65 Å². The van der Waals surface area contributed by atoms with E-state index in [9.17, 15) is 18.0 Å². The normalized spacial score (nSPS) is 12.8. The molecule has 11 nitrogen and oxygen atoms in total. The first kappa shape index (κ1) is 19.8. The summed E-state index contributed by atoms with van der Waals surface area (Å²) in [5.41, 5.74) is -0.172. The summed E-state index contributed by atoms with van der Waals surface area (Å²) in [6.45, 7) is -0.282. The average Bonchev–Trinajstić information content (AvgIpc) is 3.38. The third-order valence-electron chi connectivity index (χ3n) is 4.69. The number of hydrogen-bond donors (Lipinski definition) is 1. The molecule has 0 unspecified atom stereocenters. The van der Waals surface area contributed by atoms with Crippen LogP contribution >= 0.6 is 0 Å². The molecule has 12 heteroatoms. The number of carbonyl (C=O) groups excluding carboxylic acids is 1. The lowest BCUT2D eigenvalue weighted by Gasteiger charge is -2.05. The molecule has 2 aromatic heterocycles. The molecular formula is C20H15N5O6S. The summed E-state index contributed by atoms with van der Waals surface area (Å²) < 4.78 is 37.8. The summed E-state index contributed by atoms with van der Waals surface area (Å²) in [7, 11) is -3.92. The summed E-state index contributed by atoms with van der Waals surface area (Å²) in [4.78, 5) is 25.1. The van der Waals surface area contributed by atoms with Crippen LogP contribution in [0.15, 0.2) is 75.4 Å². The van der Waals surface area contributed by atoms with Gasteiger partial charge in [0.2, 0.25) is 22.5 Å². The van der Waals surface area contributed by atoms with E-state index in [0.29, 0.717) is 17.2 Å². The Morgan fingerprint density at radius 2 is 1.78 bits per heavy atom. The zero-order chi connectivity index (χ0) is 22.3. The minimum atomic E-state index is -3.92. The number of carbonyl (C=O) groups is 1. The minimum Gasteiger partial charge on any atom is -0.454 e. The van der Waals surface area contributed by atoms with Crippen molar-refractivity contribution >= 4 is 27.1 Å². The van der Waals surface area contributed by atoms with Gasteiger partial charge in [0.1, 0.15) is 6.54 Å².